The zero-order valence-corrected chi connectivity index (χ0v) is 13.6. The molecule has 1 aliphatic heterocycles. The molecule has 1 aliphatic rings. The van der Waals surface area contributed by atoms with Crippen molar-refractivity contribution in [2.75, 3.05) is 18.5 Å². The minimum absolute atomic E-state index is 0.0662. The average Bonchev–Trinajstić information content (AvgIpc) is 2.46. The van der Waals surface area contributed by atoms with Crippen LogP contribution in [0.2, 0.25) is 0 Å². The second-order valence-corrected chi connectivity index (χ2v) is 5.85. The molecule has 2 rings (SSSR count). The van der Waals surface area contributed by atoms with Crippen molar-refractivity contribution in [1.29, 1.82) is 0 Å². The molecule has 0 radical (unpaired) electrons. The molecule has 1 saturated heterocycles. The Labute approximate surface area is 128 Å². The van der Waals surface area contributed by atoms with Crippen LogP contribution >= 0.6 is 15.9 Å². The molecule has 6 heteroatoms. The lowest BCUT2D eigenvalue weighted by molar-refractivity contribution is -0.122. The highest BCUT2D eigenvalue weighted by molar-refractivity contribution is 9.10. The monoisotopic (exact) mass is 340 g/mol. The first-order valence-electron chi connectivity index (χ1n) is 7.17. The molecule has 0 bridgehead atoms. The fourth-order valence-electron chi connectivity index (χ4n) is 2.58. The molecule has 20 heavy (non-hydrogen) atoms. The maximum Gasteiger partial charge on any atom is 0.242 e. The number of aryl methyl sites for hydroxylation is 1. The summed E-state index contributed by atoms with van der Waals surface area (Å²) in [6.07, 6.45) is 4.92. The van der Waals surface area contributed by atoms with Gasteiger partial charge >= 0.3 is 0 Å². The molecule has 5 nitrogen and oxygen atoms in total. The van der Waals surface area contributed by atoms with E-state index in [9.17, 15) is 4.79 Å². The van der Waals surface area contributed by atoms with Crippen LogP contribution < -0.4 is 10.2 Å². The van der Waals surface area contributed by atoms with Crippen LogP contribution in [0.25, 0.3) is 0 Å². The number of halogens is 1. The molecule has 1 atom stereocenters. The quantitative estimate of drug-likeness (QED) is 0.854. The number of rotatable bonds is 4. The van der Waals surface area contributed by atoms with Gasteiger partial charge in [0.15, 0.2) is 0 Å². The number of likely N-dealkylation sites (N-methyl/N-ethyl adjacent to an activating group) is 1. The SMILES string of the molecule is CCCc1nc(Br)cc(N2CCCCC2C(=O)NC)n1. The predicted octanol–water partition coefficient (Wildman–Crippen LogP) is 2.30. The molecule has 110 valence electrons. The number of aromatic nitrogens is 2. The van der Waals surface area contributed by atoms with Crippen LogP contribution in [0.1, 0.15) is 38.4 Å². The molecule has 1 fully saturated rings. The van der Waals surface area contributed by atoms with Gasteiger partial charge < -0.3 is 10.2 Å². The van der Waals surface area contributed by atoms with Crippen molar-refractivity contribution in [3.8, 4) is 0 Å². The van der Waals surface area contributed by atoms with Crippen LogP contribution in [0.4, 0.5) is 5.82 Å². The zero-order valence-electron chi connectivity index (χ0n) is 12.0. The van der Waals surface area contributed by atoms with Gasteiger partial charge in [0.2, 0.25) is 5.91 Å². The van der Waals surface area contributed by atoms with Gasteiger partial charge in [-0.25, -0.2) is 9.97 Å². The highest BCUT2D eigenvalue weighted by atomic mass is 79.9. The molecule has 0 aliphatic carbocycles. The van der Waals surface area contributed by atoms with Crippen molar-refractivity contribution in [3.05, 3.63) is 16.5 Å². The standard InChI is InChI=1S/C14H21BrN4O/c1-3-6-12-17-11(15)9-13(18-12)19-8-5-4-7-10(19)14(20)16-2/h9-10H,3-8H2,1-2H3,(H,16,20). The Morgan fingerprint density at radius 3 is 3.00 bits per heavy atom. The average molecular weight is 341 g/mol. The third-order valence-electron chi connectivity index (χ3n) is 3.55. The third kappa shape index (κ3) is 3.48. The zero-order chi connectivity index (χ0) is 14.5. The summed E-state index contributed by atoms with van der Waals surface area (Å²) in [6.45, 7) is 2.98. The van der Waals surface area contributed by atoms with Crippen LogP contribution in [-0.4, -0.2) is 35.5 Å². The second kappa shape index (κ2) is 7.02. The highest BCUT2D eigenvalue weighted by Crippen LogP contribution is 2.25. The topological polar surface area (TPSA) is 58.1 Å². The maximum atomic E-state index is 12.0. The van der Waals surface area contributed by atoms with E-state index in [-0.39, 0.29) is 11.9 Å². The summed E-state index contributed by atoms with van der Waals surface area (Å²) >= 11 is 3.45. The second-order valence-electron chi connectivity index (χ2n) is 5.03. The molecular formula is C14H21BrN4O. The van der Waals surface area contributed by atoms with Gasteiger partial charge in [0.25, 0.3) is 0 Å². The number of carbonyl (C=O) groups is 1. The van der Waals surface area contributed by atoms with E-state index in [2.05, 4.69) is 43.0 Å². The molecule has 1 amide bonds. The van der Waals surface area contributed by atoms with Crippen molar-refractivity contribution in [3.63, 3.8) is 0 Å². The number of anilines is 1. The molecule has 2 heterocycles. The molecule has 1 aromatic heterocycles. The summed E-state index contributed by atoms with van der Waals surface area (Å²) in [5.41, 5.74) is 0. The Hall–Kier alpha value is -1.17. The van der Waals surface area contributed by atoms with Gasteiger partial charge in [0.1, 0.15) is 22.3 Å². The summed E-state index contributed by atoms with van der Waals surface area (Å²) in [4.78, 5) is 23.1. The van der Waals surface area contributed by atoms with Crippen molar-refractivity contribution in [2.45, 2.75) is 45.1 Å². The normalized spacial score (nSPS) is 18.9. The Bertz CT molecular complexity index is 480. The van der Waals surface area contributed by atoms with E-state index in [1.54, 1.807) is 7.05 Å². The molecule has 0 aromatic carbocycles. The van der Waals surface area contributed by atoms with E-state index in [4.69, 9.17) is 0 Å². The number of nitrogens with one attached hydrogen (secondary N) is 1. The molecular weight excluding hydrogens is 320 g/mol. The van der Waals surface area contributed by atoms with Crippen LogP contribution in [0, 0.1) is 0 Å². The smallest absolute Gasteiger partial charge is 0.242 e. The Morgan fingerprint density at radius 2 is 2.30 bits per heavy atom. The maximum absolute atomic E-state index is 12.0. The van der Waals surface area contributed by atoms with Gasteiger partial charge in [0, 0.05) is 26.1 Å². The van der Waals surface area contributed by atoms with Gasteiger partial charge in [-0.15, -0.1) is 0 Å². The molecule has 0 spiro atoms. The predicted molar refractivity (Wildman–Crippen MR) is 82.8 cm³/mol. The van der Waals surface area contributed by atoms with E-state index in [1.807, 2.05) is 6.07 Å². The lowest BCUT2D eigenvalue weighted by Gasteiger charge is -2.35. The molecule has 0 saturated carbocycles. The Balaban J connectivity index is 2.29. The van der Waals surface area contributed by atoms with E-state index in [0.29, 0.717) is 0 Å². The summed E-state index contributed by atoms with van der Waals surface area (Å²) in [7, 11) is 1.69. The van der Waals surface area contributed by atoms with Crippen LogP contribution in [0.3, 0.4) is 0 Å². The minimum atomic E-state index is -0.120. The molecule has 1 N–H and O–H groups in total. The number of carbonyl (C=O) groups excluding carboxylic acids is 1. The van der Waals surface area contributed by atoms with Crippen molar-refractivity contribution < 1.29 is 4.79 Å². The van der Waals surface area contributed by atoms with Gasteiger partial charge in [-0.05, 0) is 41.6 Å². The van der Waals surface area contributed by atoms with Crippen LogP contribution in [0.5, 0.6) is 0 Å². The Kier molecular flexibility index (Phi) is 5.34. The van der Waals surface area contributed by atoms with Crippen molar-refractivity contribution >= 4 is 27.7 Å². The summed E-state index contributed by atoms with van der Waals surface area (Å²) in [6, 6.07) is 1.78. The fraction of sp³-hybridized carbons (Fsp3) is 0.643. The van der Waals surface area contributed by atoms with Gasteiger partial charge in [0.05, 0.1) is 0 Å². The molecule has 1 unspecified atom stereocenters. The van der Waals surface area contributed by atoms with Gasteiger partial charge in [-0.1, -0.05) is 6.92 Å². The first-order chi connectivity index (χ1) is 9.65. The van der Waals surface area contributed by atoms with Crippen molar-refractivity contribution in [2.24, 2.45) is 0 Å². The number of amides is 1. The number of nitrogens with zero attached hydrogens (tertiary/aromatic N) is 3. The first kappa shape index (κ1) is 15.2. The van der Waals surface area contributed by atoms with Crippen molar-refractivity contribution in [1.82, 2.24) is 15.3 Å². The first-order valence-corrected chi connectivity index (χ1v) is 7.96. The summed E-state index contributed by atoms with van der Waals surface area (Å²) in [5.74, 6) is 1.75. The highest BCUT2D eigenvalue weighted by Gasteiger charge is 2.29. The van der Waals surface area contributed by atoms with Crippen LogP contribution in [0.15, 0.2) is 10.7 Å². The van der Waals surface area contributed by atoms with E-state index < -0.39 is 0 Å². The number of hydrogen-bond acceptors (Lipinski definition) is 4. The van der Waals surface area contributed by atoms with Gasteiger partial charge in [-0.2, -0.15) is 0 Å². The van der Waals surface area contributed by atoms with E-state index in [0.717, 1.165) is 54.9 Å². The van der Waals surface area contributed by atoms with E-state index >= 15 is 0 Å². The lowest BCUT2D eigenvalue weighted by atomic mass is 10.0. The number of hydrogen-bond donors (Lipinski definition) is 1. The van der Waals surface area contributed by atoms with E-state index in [1.165, 1.54) is 0 Å². The fourth-order valence-corrected chi connectivity index (χ4v) is 2.99. The van der Waals surface area contributed by atoms with Gasteiger partial charge in [-0.3, -0.25) is 4.79 Å². The molecule has 1 aromatic rings. The summed E-state index contributed by atoms with van der Waals surface area (Å²) in [5, 5.41) is 2.75. The van der Waals surface area contributed by atoms with Crippen LogP contribution in [-0.2, 0) is 11.2 Å². The third-order valence-corrected chi connectivity index (χ3v) is 3.95. The summed E-state index contributed by atoms with van der Waals surface area (Å²) < 4.78 is 0.784. The minimum Gasteiger partial charge on any atom is -0.357 e. The number of piperidine rings is 1. The Morgan fingerprint density at radius 1 is 1.50 bits per heavy atom. The largest absolute Gasteiger partial charge is 0.357 e. The lowest BCUT2D eigenvalue weighted by Crippen LogP contribution is -2.49.